The first-order chi connectivity index (χ1) is 10.2. The van der Waals surface area contributed by atoms with Crippen LogP contribution < -0.4 is 5.32 Å². The summed E-state index contributed by atoms with van der Waals surface area (Å²) in [6.07, 6.45) is 0.879. The molecule has 106 valence electrons. The number of anilines is 1. The number of aryl methyl sites for hydroxylation is 1. The number of benzene rings is 1. The van der Waals surface area contributed by atoms with E-state index in [-0.39, 0.29) is 0 Å². The van der Waals surface area contributed by atoms with Crippen molar-refractivity contribution in [3.63, 3.8) is 0 Å². The first kappa shape index (κ1) is 13.5. The van der Waals surface area contributed by atoms with Crippen molar-refractivity contribution in [3.05, 3.63) is 47.7 Å². The summed E-state index contributed by atoms with van der Waals surface area (Å²) in [4.78, 5) is 13.9. The largest absolute Gasteiger partial charge is 0.373 e. The van der Waals surface area contributed by atoms with Crippen molar-refractivity contribution in [2.24, 2.45) is 0 Å². The molecule has 4 nitrogen and oxygen atoms in total. The lowest BCUT2D eigenvalue weighted by molar-refractivity contribution is 0.973. The van der Waals surface area contributed by atoms with Gasteiger partial charge in [-0.25, -0.2) is 15.0 Å². The van der Waals surface area contributed by atoms with E-state index in [4.69, 9.17) is 0 Å². The van der Waals surface area contributed by atoms with E-state index in [1.165, 1.54) is 0 Å². The predicted octanol–water partition coefficient (Wildman–Crippen LogP) is 3.60. The van der Waals surface area contributed by atoms with Crippen LogP contribution in [0, 0.1) is 6.92 Å². The Balaban J connectivity index is 2.17. The first-order valence-corrected chi connectivity index (χ1v) is 7.14. The molecule has 0 amide bonds. The molecular formula is C17H18N4. The van der Waals surface area contributed by atoms with Crippen molar-refractivity contribution in [3.8, 4) is 11.5 Å². The zero-order valence-electron chi connectivity index (χ0n) is 12.5. The molecule has 0 radical (unpaired) electrons. The minimum atomic E-state index is 0.674. The van der Waals surface area contributed by atoms with Crippen LogP contribution in [0.4, 0.5) is 5.82 Å². The number of fused-ring (bicyclic) bond motifs is 1. The van der Waals surface area contributed by atoms with Crippen LogP contribution >= 0.6 is 0 Å². The molecule has 1 aromatic carbocycles. The maximum absolute atomic E-state index is 4.67. The first-order valence-electron chi connectivity index (χ1n) is 7.14. The summed E-state index contributed by atoms with van der Waals surface area (Å²) in [5.74, 6) is 1.54. The lowest BCUT2D eigenvalue weighted by Gasteiger charge is -2.11. The Morgan fingerprint density at radius 1 is 1.00 bits per heavy atom. The molecule has 0 saturated heterocycles. The summed E-state index contributed by atoms with van der Waals surface area (Å²) >= 11 is 0. The SMILES string of the molecule is CCc1nc(-c2ccc3ccccc3n2)nc(NC)c1C. The van der Waals surface area contributed by atoms with Crippen LogP contribution in [0.5, 0.6) is 0 Å². The van der Waals surface area contributed by atoms with E-state index in [1.807, 2.05) is 38.2 Å². The van der Waals surface area contributed by atoms with Gasteiger partial charge in [0.15, 0.2) is 5.82 Å². The summed E-state index contributed by atoms with van der Waals surface area (Å²) in [7, 11) is 1.88. The van der Waals surface area contributed by atoms with Crippen molar-refractivity contribution >= 4 is 16.7 Å². The molecule has 3 rings (SSSR count). The highest BCUT2D eigenvalue weighted by atomic mass is 15.0. The van der Waals surface area contributed by atoms with Gasteiger partial charge in [0.1, 0.15) is 11.5 Å². The van der Waals surface area contributed by atoms with E-state index < -0.39 is 0 Å². The topological polar surface area (TPSA) is 50.7 Å². The number of para-hydroxylation sites is 1. The van der Waals surface area contributed by atoms with Crippen LogP contribution in [0.3, 0.4) is 0 Å². The molecule has 0 bridgehead atoms. The van der Waals surface area contributed by atoms with Crippen molar-refractivity contribution < 1.29 is 0 Å². The fourth-order valence-corrected chi connectivity index (χ4v) is 2.46. The number of nitrogens with one attached hydrogen (secondary N) is 1. The van der Waals surface area contributed by atoms with Crippen LogP contribution in [0.1, 0.15) is 18.2 Å². The van der Waals surface area contributed by atoms with Crippen LogP contribution in [-0.4, -0.2) is 22.0 Å². The Morgan fingerprint density at radius 2 is 1.81 bits per heavy atom. The molecular weight excluding hydrogens is 260 g/mol. The van der Waals surface area contributed by atoms with E-state index in [1.54, 1.807) is 0 Å². The van der Waals surface area contributed by atoms with E-state index in [2.05, 4.69) is 39.3 Å². The number of pyridine rings is 1. The second-order valence-electron chi connectivity index (χ2n) is 4.96. The Labute approximate surface area is 124 Å². The van der Waals surface area contributed by atoms with Crippen LogP contribution in [0.25, 0.3) is 22.4 Å². The Kier molecular flexibility index (Phi) is 3.52. The molecule has 2 aromatic heterocycles. The molecule has 0 unspecified atom stereocenters. The lowest BCUT2D eigenvalue weighted by atomic mass is 10.1. The number of nitrogens with zero attached hydrogens (tertiary/aromatic N) is 3. The highest BCUT2D eigenvalue weighted by Crippen LogP contribution is 2.22. The standard InChI is InChI=1S/C17H18N4/c1-4-13-11(2)16(18-3)21-17(20-13)15-10-9-12-7-5-6-8-14(12)19-15/h5-10H,4H2,1-3H3,(H,18,20,21). The highest BCUT2D eigenvalue weighted by Gasteiger charge is 2.11. The van der Waals surface area contributed by atoms with Gasteiger partial charge in [-0.1, -0.05) is 31.2 Å². The Bertz CT molecular complexity index is 771. The fraction of sp³-hybridized carbons (Fsp3) is 0.235. The van der Waals surface area contributed by atoms with E-state index in [9.17, 15) is 0 Å². The van der Waals surface area contributed by atoms with Gasteiger partial charge in [0.05, 0.1) is 5.52 Å². The Hall–Kier alpha value is -2.49. The molecule has 0 aliphatic heterocycles. The average molecular weight is 278 g/mol. The van der Waals surface area contributed by atoms with Gasteiger partial charge < -0.3 is 5.32 Å². The number of rotatable bonds is 3. The molecule has 0 aliphatic rings. The van der Waals surface area contributed by atoms with Gasteiger partial charge in [0.2, 0.25) is 0 Å². The van der Waals surface area contributed by atoms with Gasteiger partial charge in [0, 0.05) is 23.7 Å². The number of hydrogen-bond donors (Lipinski definition) is 1. The number of hydrogen-bond acceptors (Lipinski definition) is 4. The molecule has 0 fully saturated rings. The zero-order valence-corrected chi connectivity index (χ0v) is 12.5. The minimum Gasteiger partial charge on any atom is -0.373 e. The third kappa shape index (κ3) is 2.44. The van der Waals surface area contributed by atoms with Crippen LogP contribution in [-0.2, 0) is 6.42 Å². The van der Waals surface area contributed by atoms with Crippen molar-refractivity contribution in [1.29, 1.82) is 0 Å². The molecule has 2 heterocycles. The average Bonchev–Trinajstić information content (AvgIpc) is 2.54. The second-order valence-corrected chi connectivity index (χ2v) is 4.96. The third-order valence-corrected chi connectivity index (χ3v) is 3.65. The smallest absolute Gasteiger partial charge is 0.180 e. The van der Waals surface area contributed by atoms with Gasteiger partial charge in [-0.05, 0) is 25.5 Å². The molecule has 0 spiro atoms. The maximum atomic E-state index is 4.67. The quantitative estimate of drug-likeness (QED) is 0.795. The molecule has 1 N–H and O–H groups in total. The summed E-state index contributed by atoms with van der Waals surface area (Å²) < 4.78 is 0. The summed E-state index contributed by atoms with van der Waals surface area (Å²) in [6.45, 7) is 4.15. The maximum Gasteiger partial charge on any atom is 0.180 e. The van der Waals surface area contributed by atoms with E-state index >= 15 is 0 Å². The van der Waals surface area contributed by atoms with Gasteiger partial charge in [-0.15, -0.1) is 0 Å². The third-order valence-electron chi connectivity index (χ3n) is 3.65. The molecule has 3 aromatic rings. The van der Waals surface area contributed by atoms with Crippen molar-refractivity contribution in [2.75, 3.05) is 12.4 Å². The van der Waals surface area contributed by atoms with E-state index in [0.29, 0.717) is 5.82 Å². The monoisotopic (exact) mass is 278 g/mol. The van der Waals surface area contributed by atoms with Crippen LogP contribution in [0.2, 0.25) is 0 Å². The minimum absolute atomic E-state index is 0.674. The zero-order chi connectivity index (χ0) is 14.8. The predicted molar refractivity (Wildman–Crippen MR) is 86.4 cm³/mol. The number of aromatic nitrogens is 3. The van der Waals surface area contributed by atoms with Gasteiger partial charge in [-0.2, -0.15) is 0 Å². The van der Waals surface area contributed by atoms with Crippen LogP contribution in [0.15, 0.2) is 36.4 Å². The summed E-state index contributed by atoms with van der Waals surface area (Å²) in [5.41, 5.74) is 3.92. The molecule has 0 aliphatic carbocycles. The molecule has 21 heavy (non-hydrogen) atoms. The van der Waals surface area contributed by atoms with Crippen molar-refractivity contribution in [2.45, 2.75) is 20.3 Å². The summed E-state index contributed by atoms with van der Waals surface area (Å²) in [5, 5.41) is 4.26. The highest BCUT2D eigenvalue weighted by molar-refractivity contribution is 5.80. The van der Waals surface area contributed by atoms with E-state index in [0.717, 1.165) is 40.1 Å². The summed E-state index contributed by atoms with van der Waals surface area (Å²) in [6, 6.07) is 12.1. The van der Waals surface area contributed by atoms with Gasteiger partial charge in [0.25, 0.3) is 0 Å². The lowest BCUT2D eigenvalue weighted by Crippen LogP contribution is -2.05. The van der Waals surface area contributed by atoms with Gasteiger partial charge in [-0.3, -0.25) is 0 Å². The van der Waals surface area contributed by atoms with Gasteiger partial charge >= 0.3 is 0 Å². The molecule has 4 heteroatoms. The Morgan fingerprint density at radius 3 is 2.57 bits per heavy atom. The normalized spacial score (nSPS) is 10.8. The van der Waals surface area contributed by atoms with Crippen molar-refractivity contribution in [1.82, 2.24) is 15.0 Å². The second kappa shape index (κ2) is 5.48. The molecule has 0 saturated carbocycles. The molecule has 0 atom stereocenters. The fourth-order valence-electron chi connectivity index (χ4n) is 2.46.